The predicted octanol–water partition coefficient (Wildman–Crippen LogP) is 14.5. The molecule has 1 heterocycles. The largest absolute Gasteiger partial charge is 0.448 e. The zero-order valence-electron chi connectivity index (χ0n) is 35.7. The van der Waals surface area contributed by atoms with E-state index in [9.17, 15) is 9.59 Å². The third kappa shape index (κ3) is 9.94. The van der Waals surface area contributed by atoms with Gasteiger partial charge in [-0.25, -0.2) is 4.79 Å². The first-order valence-corrected chi connectivity index (χ1v) is 23.6. The number of fused-ring (bicyclic) bond motifs is 3. The average molecular weight is 837 g/mol. The highest BCUT2D eigenvalue weighted by molar-refractivity contribution is 6.31. The van der Waals surface area contributed by atoms with Crippen molar-refractivity contribution in [1.29, 1.82) is 0 Å². The minimum atomic E-state index is -1.32. The Morgan fingerprint density at radius 2 is 1.10 bits per heavy atom. The number of amides is 1. The Balaban J connectivity index is 1.03. The van der Waals surface area contributed by atoms with E-state index in [2.05, 4.69) is 60.7 Å². The first-order chi connectivity index (χ1) is 30.0. The lowest BCUT2D eigenvalue weighted by Gasteiger charge is -2.36. The molecule has 5 aromatic rings. The van der Waals surface area contributed by atoms with E-state index < -0.39 is 11.6 Å². The summed E-state index contributed by atoms with van der Waals surface area (Å²) in [6.45, 7) is 0.770. The molecule has 1 saturated heterocycles. The number of halogens is 1. The standard InChI is InChI=1S/C55H62ClNO4/c56-52-33-21-20-32-51(52)55(43-25-14-11-15-26-43,44-36-34-42(35-37-44)41-23-12-9-7-5-3-1-2-4-6-8-10-13-24-41)61-53(58)39-45-27-22-38-57(45)54(59)60-40-50-48-30-18-16-28-46(48)47-29-17-19-31-49(47)50/h11,14-21,25-26,28-37,41,45,50H,1-10,12-13,22-24,27,38-40H2/t45-,55?/m1/s1. The van der Waals surface area contributed by atoms with Gasteiger partial charge >= 0.3 is 12.1 Å². The van der Waals surface area contributed by atoms with Crippen LogP contribution in [0.2, 0.25) is 5.02 Å². The zero-order valence-corrected chi connectivity index (χ0v) is 36.5. The van der Waals surface area contributed by atoms with E-state index in [1.54, 1.807) is 4.90 Å². The van der Waals surface area contributed by atoms with Crippen molar-refractivity contribution in [2.75, 3.05) is 13.2 Å². The molecule has 5 nitrogen and oxygen atoms in total. The van der Waals surface area contributed by atoms with E-state index in [1.807, 2.05) is 66.7 Å². The van der Waals surface area contributed by atoms with Gasteiger partial charge in [-0.1, -0.05) is 210 Å². The third-order valence-corrected chi connectivity index (χ3v) is 14.0. The Bertz CT molecular complexity index is 2140. The van der Waals surface area contributed by atoms with Crippen molar-refractivity contribution in [3.8, 4) is 11.1 Å². The number of carbonyl (C=O) groups is 2. The number of likely N-dealkylation sites (tertiary alicyclic amines) is 1. The second-order valence-electron chi connectivity index (χ2n) is 17.6. The Kier molecular flexibility index (Phi) is 14.6. The van der Waals surface area contributed by atoms with E-state index in [0.29, 0.717) is 29.5 Å². The Morgan fingerprint density at radius 1 is 0.574 bits per heavy atom. The maximum Gasteiger partial charge on any atom is 0.410 e. The van der Waals surface area contributed by atoms with Gasteiger partial charge in [0.1, 0.15) is 6.61 Å². The number of hydrogen-bond donors (Lipinski definition) is 0. The summed E-state index contributed by atoms with van der Waals surface area (Å²) in [5, 5.41) is 0.520. The Labute approximate surface area is 368 Å². The van der Waals surface area contributed by atoms with Crippen molar-refractivity contribution >= 4 is 23.7 Å². The highest BCUT2D eigenvalue weighted by Gasteiger charge is 2.43. The van der Waals surface area contributed by atoms with E-state index >= 15 is 0 Å². The van der Waals surface area contributed by atoms with Crippen LogP contribution < -0.4 is 0 Å². The number of benzene rings is 5. The lowest BCUT2D eigenvalue weighted by atomic mass is 9.78. The summed E-state index contributed by atoms with van der Waals surface area (Å²) in [7, 11) is 0. The van der Waals surface area contributed by atoms with Crippen molar-refractivity contribution < 1.29 is 19.1 Å². The van der Waals surface area contributed by atoms with Gasteiger partial charge in [0.05, 0.1) is 6.42 Å². The van der Waals surface area contributed by atoms with Crippen LogP contribution in [-0.2, 0) is 19.9 Å². The first kappa shape index (κ1) is 42.8. The second-order valence-corrected chi connectivity index (χ2v) is 18.0. The fourth-order valence-electron chi connectivity index (χ4n) is 10.5. The van der Waals surface area contributed by atoms with E-state index in [-0.39, 0.29) is 31.1 Å². The second kappa shape index (κ2) is 20.8. The SMILES string of the molecule is O=C(C[C@H]1CCCN1C(=O)OCC1c2ccccc2-c2ccccc21)OC(c1ccccc1)(c1ccc(C2CCCCCCCCCCCCCC2)cc1)c1ccccc1Cl. The topological polar surface area (TPSA) is 55.8 Å². The molecule has 0 spiro atoms. The maximum atomic E-state index is 14.6. The fourth-order valence-corrected chi connectivity index (χ4v) is 10.7. The van der Waals surface area contributed by atoms with Gasteiger partial charge in [0, 0.05) is 40.2 Å². The molecule has 1 aliphatic heterocycles. The number of esters is 1. The number of carbonyl (C=O) groups excluding carboxylic acids is 2. The molecule has 61 heavy (non-hydrogen) atoms. The fraction of sp³-hybridized carbons (Fsp3) is 0.418. The van der Waals surface area contributed by atoms with Gasteiger partial charge < -0.3 is 14.4 Å². The molecule has 318 valence electrons. The molecule has 0 aromatic heterocycles. The van der Waals surface area contributed by atoms with Crippen LogP contribution >= 0.6 is 11.6 Å². The highest BCUT2D eigenvalue weighted by atomic mass is 35.5. The lowest BCUT2D eigenvalue weighted by molar-refractivity contribution is -0.154. The molecular formula is C55H62ClNO4. The Hall–Kier alpha value is -4.87. The molecule has 2 fully saturated rings. The van der Waals surface area contributed by atoms with Gasteiger partial charge in [-0.15, -0.1) is 0 Å². The molecule has 3 aliphatic rings. The third-order valence-electron chi connectivity index (χ3n) is 13.7. The summed E-state index contributed by atoms with van der Waals surface area (Å²) in [4.78, 5) is 30.2. The quantitative estimate of drug-likeness (QED) is 0.110. The van der Waals surface area contributed by atoms with Crippen molar-refractivity contribution in [2.24, 2.45) is 0 Å². The van der Waals surface area contributed by atoms with Crippen LogP contribution in [0.3, 0.4) is 0 Å². The van der Waals surface area contributed by atoms with Crippen LogP contribution in [0.1, 0.15) is 154 Å². The number of nitrogens with zero attached hydrogens (tertiary/aromatic N) is 1. The summed E-state index contributed by atoms with van der Waals surface area (Å²) >= 11 is 7.09. The summed E-state index contributed by atoms with van der Waals surface area (Å²) in [6.07, 6.45) is 19.6. The summed E-state index contributed by atoms with van der Waals surface area (Å²) in [5.41, 5.74) is 7.13. The van der Waals surface area contributed by atoms with Gasteiger partial charge in [0.25, 0.3) is 0 Å². The highest BCUT2D eigenvalue weighted by Crippen LogP contribution is 2.46. The van der Waals surface area contributed by atoms with E-state index in [1.165, 1.54) is 118 Å². The van der Waals surface area contributed by atoms with E-state index in [4.69, 9.17) is 21.1 Å². The summed E-state index contributed by atoms with van der Waals surface area (Å²) < 4.78 is 13.0. The van der Waals surface area contributed by atoms with Crippen LogP contribution in [0.15, 0.2) is 127 Å². The molecule has 0 bridgehead atoms. The minimum Gasteiger partial charge on any atom is -0.448 e. The Morgan fingerprint density at radius 3 is 1.70 bits per heavy atom. The number of ether oxygens (including phenoxy) is 2. The lowest BCUT2D eigenvalue weighted by Crippen LogP contribution is -2.40. The van der Waals surface area contributed by atoms with Gasteiger partial charge in [-0.2, -0.15) is 0 Å². The molecule has 1 unspecified atom stereocenters. The van der Waals surface area contributed by atoms with Crippen LogP contribution in [0.5, 0.6) is 0 Å². The zero-order chi connectivity index (χ0) is 41.9. The number of hydrogen-bond acceptors (Lipinski definition) is 4. The van der Waals surface area contributed by atoms with Gasteiger partial charge in [-0.05, 0) is 65.5 Å². The number of rotatable bonds is 9. The molecule has 1 saturated carbocycles. The first-order valence-electron chi connectivity index (χ1n) is 23.3. The van der Waals surface area contributed by atoms with Gasteiger partial charge in [-0.3, -0.25) is 4.79 Å². The molecule has 5 aromatic carbocycles. The van der Waals surface area contributed by atoms with Crippen molar-refractivity contribution in [2.45, 2.75) is 133 Å². The molecular weight excluding hydrogens is 774 g/mol. The van der Waals surface area contributed by atoms with Crippen LogP contribution in [0, 0.1) is 0 Å². The molecule has 6 heteroatoms. The molecule has 2 atom stereocenters. The minimum absolute atomic E-state index is 0.0371. The smallest absolute Gasteiger partial charge is 0.410 e. The molecule has 8 rings (SSSR count). The van der Waals surface area contributed by atoms with Crippen LogP contribution in [0.25, 0.3) is 11.1 Å². The summed E-state index contributed by atoms with van der Waals surface area (Å²) in [6, 6.07) is 42.9. The van der Waals surface area contributed by atoms with Gasteiger partial charge in [0.15, 0.2) is 5.60 Å². The molecule has 0 N–H and O–H groups in total. The van der Waals surface area contributed by atoms with Crippen LogP contribution in [0.4, 0.5) is 4.79 Å². The van der Waals surface area contributed by atoms with Crippen molar-refractivity contribution in [3.63, 3.8) is 0 Å². The van der Waals surface area contributed by atoms with Gasteiger partial charge in [0.2, 0.25) is 0 Å². The monoisotopic (exact) mass is 835 g/mol. The molecule has 1 amide bonds. The average Bonchev–Trinajstić information content (AvgIpc) is 3.89. The maximum absolute atomic E-state index is 14.6. The normalized spacial score (nSPS) is 19.2. The van der Waals surface area contributed by atoms with E-state index in [0.717, 1.165) is 17.5 Å². The van der Waals surface area contributed by atoms with Crippen LogP contribution in [-0.4, -0.2) is 36.2 Å². The molecule has 0 radical (unpaired) electrons. The van der Waals surface area contributed by atoms with Crippen molar-refractivity contribution in [1.82, 2.24) is 4.90 Å². The predicted molar refractivity (Wildman–Crippen MR) is 247 cm³/mol. The molecule has 2 aliphatic carbocycles. The summed E-state index contributed by atoms with van der Waals surface area (Å²) in [5.74, 6) is 0.0717. The van der Waals surface area contributed by atoms with Crippen molar-refractivity contribution in [3.05, 3.63) is 166 Å².